The van der Waals surface area contributed by atoms with Crippen LogP contribution in [0.4, 0.5) is 0 Å². The van der Waals surface area contributed by atoms with Crippen molar-refractivity contribution in [3.05, 3.63) is 75.0 Å². The maximum atomic E-state index is 11.8. The highest BCUT2D eigenvalue weighted by Crippen LogP contribution is 2.56. The maximum absolute atomic E-state index is 11.8. The molecule has 188 valence electrons. The second-order valence-electron chi connectivity index (χ2n) is 10.6. The van der Waals surface area contributed by atoms with Crippen LogP contribution in [0, 0.1) is 5.41 Å². The van der Waals surface area contributed by atoms with Crippen LogP contribution in [0.2, 0.25) is 10.0 Å². The molecule has 0 unspecified atom stereocenters. The van der Waals surface area contributed by atoms with Gasteiger partial charge in [-0.1, -0.05) is 46.6 Å². The zero-order valence-electron chi connectivity index (χ0n) is 20.3. The summed E-state index contributed by atoms with van der Waals surface area (Å²) < 4.78 is 17.3. The second-order valence-corrected chi connectivity index (χ2v) is 11.4. The molecule has 5 nitrogen and oxygen atoms in total. The molecule has 0 atom stereocenters. The van der Waals surface area contributed by atoms with E-state index in [-0.39, 0.29) is 17.0 Å². The fourth-order valence-corrected chi connectivity index (χ4v) is 6.60. The number of carbonyl (C=O) groups excluding carboxylic acids is 1. The molecule has 0 radical (unpaired) electrons. The molecular weight excluding hydrogens is 497 g/mol. The van der Waals surface area contributed by atoms with Crippen LogP contribution in [0.25, 0.3) is 11.3 Å². The van der Waals surface area contributed by atoms with Crippen LogP contribution in [-0.4, -0.2) is 24.8 Å². The fraction of sp³-hybridized carbons (Fsp3) is 0.448. The molecule has 4 fully saturated rings. The van der Waals surface area contributed by atoms with Gasteiger partial charge in [0, 0.05) is 17.0 Å². The van der Waals surface area contributed by atoms with Crippen molar-refractivity contribution in [1.82, 2.24) is 5.16 Å². The first-order chi connectivity index (χ1) is 17.4. The zero-order chi connectivity index (χ0) is 24.9. The first-order valence-corrected chi connectivity index (χ1v) is 13.4. The first kappa shape index (κ1) is 24.0. The van der Waals surface area contributed by atoms with Crippen molar-refractivity contribution in [2.45, 2.75) is 62.9 Å². The van der Waals surface area contributed by atoms with Crippen molar-refractivity contribution in [2.75, 3.05) is 13.7 Å². The Bertz CT molecular complexity index is 1250. The van der Waals surface area contributed by atoms with E-state index in [4.69, 9.17) is 37.2 Å². The Morgan fingerprint density at radius 3 is 2.33 bits per heavy atom. The third-order valence-electron chi connectivity index (χ3n) is 8.48. The van der Waals surface area contributed by atoms with E-state index in [0.29, 0.717) is 21.5 Å². The summed E-state index contributed by atoms with van der Waals surface area (Å²) >= 11 is 13.1. The molecule has 2 aromatic carbocycles. The number of nitrogens with zero attached hydrogens (tertiary/aromatic N) is 1. The Hall–Kier alpha value is -2.34. The quantitative estimate of drug-likeness (QED) is 0.295. The van der Waals surface area contributed by atoms with E-state index in [2.05, 4.69) is 5.16 Å². The van der Waals surface area contributed by atoms with Gasteiger partial charge in [-0.15, -0.1) is 0 Å². The molecule has 2 aliphatic heterocycles. The summed E-state index contributed by atoms with van der Waals surface area (Å²) in [5, 5.41) is 5.65. The SMILES string of the molecule is COC(=O)c1ccc(C23CCC(CCc4c(-c5c(Cl)cccc5Cl)noc4C4CC4)(CC2)CO3)cc1. The van der Waals surface area contributed by atoms with Crippen LogP contribution in [0.15, 0.2) is 47.0 Å². The Kier molecular flexibility index (Phi) is 6.14. The van der Waals surface area contributed by atoms with Crippen molar-refractivity contribution >= 4 is 29.2 Å². The standard InChI is InChI=1S/C29H29Cl2NO4/c1-34-27(33)19-7-9-20(10-8-19)29-15-13-28(14-16-29,17-35-29)12-11-21-25(32-36-26(21)18-5-6-18)24-22(30)3-2-4-23(24)31/h2-4,7-10,18H,5-6,11-17H2,1H3. The smallest absolute Gasteiger partial charge is 0.337 e. The van der Waals surface area contributed by atoms with Gasteiger partial charge >= 0.3 is 5.97 Å². The van der Waals surface area contributed by atoms with Crippen LogP contribution in [0.5, 0.6) is 0 Å². The number of methoxy groups -OCH3 is 1. The molecule has 1 aromatic heterocycles. The van der Waals surface area contributed by atoms with Gasteiger partial charge in [-0.2, -0.15) is 0 Å². The van der Waals surface area contributed by atoms with Gasteiger partial charge in [0.15, 0.2) is 0 Å². The van der Waals surface area contributed by atoms with Crippen molar-refractivity contribution in [2.24, 2.45) is 5.41 Å². The lowest BCUT2D eigenvalue weighted by Crippen LogP contribution is -2.49. The molecule has 2 bridgehead atoms. The number of carbonyl (C=O) groups is 1. The number of esters is 1. The largest absolute Gasteiger partial charge is 0.465 e. The Morgan fingerprint density at radius 2 is 1.75 bits per heavy atom. The molecule has 36 heavy (non-hydrogen) atoms. The minimum Gasteiger partial charge on any atom is -0.465 e. The fourth-order valence-electron chi connectivity index (χ4n) is 6.03. The minimum absolute atomic E-state index is 0.146. The van der Waals surface area contributed by atoms with Gasteiger partial charge in [0.05, 0.1) is 34.9 Å². The highest BCUT2D eigenvalue weighted by molar-refractivity contribution is 6.39. The number of fused-ring (bicyclic) bond motifs is 3. The Labute approximate surface area is 221 Å². The average molecular weight is 526 g/mol. The number of hydrogen-bond donors (Lipinski definition) is 0. The normalized spacial score (nSPS) is 25.2. The van der Waals surface area contributed by atoms with Gasteiger partial charge < -0.3 is 14.0 Å². The van der Waals surface area contributed by atoms with Gasteiger partial charge in [-0.05, 0) is 86.6 Å². The number of benzene rings is 2. The van der Waals surface area contributed by atoms with Gasteiger partial charge in [0.25, 0.3) is 0 Å². The highest BCUT2D eigenvalue weighted by Gasteiger charge is 2.50. The van der Waals surface area contributed by atoms with E-state index in [0.717, 1.165) is 86.1 Å². The lowest BCUT2D eigenvalue weighted by atomic mass is 9.62. The van der Waals surface area contributed by atoms with Gasteiger partial charge in [0.2, 0.25) is 0 Å². The van der Waals surface area contributed by atoms with Gasteiger partial charge in [-0.25, -0.2) is 4.79 Å². The third kappa shape index (κ3) is 4.15. The van der Waals surface area contributed by atoms with Crippen LogP contribution in [-0.2, 0) is 21.5 Å². The molecule has 2 aliphatic carbocycles. The van der Waals surface area contributed by atoms with Gasteiger partial charge in [0.1, 0.15) is 11.5 Å². The molecule has 2 saturated carbocycles. The van der Waals surface area contributed by atoms with Crippen LogP contribution < -0.4 is 0 Å². The second kappa shape index (κ2) is 9.20. The van der Waals surface area contributed by atoms with Crippen molar-refractivity contribution < 1.29 is 18.8 Å². The zero-order valence-corrected chi connectivity index (χ0v) is 21.8. The molecule has 0 spiro atoms. The predicted molar refractivity (Wildman–Crippen MR) is 139 cm³/mol. The van der Waals surface area contributed by atoms with Crippen LogP contribution in [0.1, 0.15) is 78.1 Å². The molecule has 2 saturated heterocycles. The molecule has 0 amide bonds. The summed E-state index contributed by atoms with van der Waals surface area (Å²) in [6.07, 6.45) is 8.35. The van der Waals surface area contributed by atoms with E-state index in [1.165, 1.54) is 7.11 Å². The monoisotopic (exact) mass is 525 g/mol. The predicted octanol–water partition coefficient (Wildman–Crippen LogP) is 7.73. The number of hydrogen-bond acceptors (Lipinski definition) is 5. The molecule has 3 heterocycles. The molecule has 4 aliphatic rings. The first-order valence-electron chi connectivity index (χ1n) is 12.7. The van der Waals surface area contributed by atoms with E-state index in [1.807, 2.05) is 42.5 Å². The summed E-state index contributed by atoms with van der Waals surface area (Å²) in [6.45, 7) is 0.734. The lowest BCUT2D eigenvalue weighted by Gasteiger charge is -2.53. The number of rotatable bonds is 7. The summed E-state index contributed by atoms with van der Waals surface area (Å²) in [5.74, 6) is 1.14. The summed E-state index contributed by atoms with van der Waals surface area (Å²) in [6, 6.07) is 13.3. The minimum atomic E-state index is -0.317. The number of aromatic nitrogens is 1. The summed E-state index contributed by atoms with van der Waals surface area (Å²) in [7, 11) is 1.40. The topological polar surface area (TPSA) is 61.6 Å². The molecule has 7 heteroatoms. The number of ether oxygens (including phenoxy) is 2. The lowest BCUT2D eigenvalue weighted by molar-refractivity contribution is -0.191. The van der Waals surface area contributed by atoms with Crippen LogP contribution >= 0.6 is 23.2 Å². The molecule has 0 N–H and O–H groups in total. The molecule has 7 rings (SSSR count). The maximum Gasteiger partial charge on any atom is 0.337 e. The van der Waals surface area contributed by atoms with Gasteiger partial charge in [-0.3, -0.25) is 0 Å². The third-order valence-corrected chi connectivity index (χ3v) is 9.11. The summed E-state index contributed by atoms with van der Waals surface area (Å²) in [4.78, 5) is 11.8. The van der Waals surface area contributed by atoms with E-state index in [9.17, 15) is 4.79 Å². The van der Waals surface area contributed by atoms with E-state index in [1.54, 1.807) is 0 Å². The highest BCUT2D eigenvalue weighted by atomic mass is 35.5. The molecular formula is C29H29Cl2NO4. The summed E-state index contributed by atoms with van der Waals surface area (Å²) in [5.41, 5.74) is 4.31. The van der Waals surface area contributed by atoms with Crippen molar-refractivity contribution in [1.29, 1.82) is 0 Å². The average Bonchev–Trinajstić information content (AvgIpc) is 3.68. The van der Waals surface area contributed by atoms with E-state index >= 15 is 0 Å². The Balaban J connectivity index is 1.20. The van der Waals surface area contributed by atoms with Crippen LogP contribution in [0.3, 0.4) is 0 Å². The number of halogens is 2. The van der Waals surface area contributed by atoms with Crippen molar-refractivity contribution in [3.63, 3.8) is 0 Å². The van der Waals surface area contributed by atoms with E-state index < -0.39 is 0 Å². The Morgan fingerprint density at radius 1 is 1.06 bits per heavy atom. The van der Waals surface area contributed by atoms with Crippen molar-refractivity contribution in [3.8, 4) is 11.3 Å². The molecule has 3 aromatic rings.